The van der Waals surface area contributed by atoms with Gasteiger partial charge in [0.25, 0.3) is 0 Å². The van der Waals surface area contributed by atoms with Crippen molar-refractivity contribution >= 4 is 0 Å². The Morgan fingerprint density at radius 1 is 0.750 bits per heavy atom. The fourth-order valence-electron chi connectivity index (χ4n) is 3.75. The summed E-state index contributed by atoms with van der Waals surface area (Å²) in [6.45, 7) is 1.94. The molecule has 0 saturated carbocycles. The van der Waals surface area contributed by atoms with E-state index in [2.05, 4.69) is 41.3 Å². The quantitative estimate of drug-likeness (QED) is 0.854. The van der Waals surface area contributed by atoms with Gasteiger partial charge in [0.15, 0.2) is 5.72 Å². The van der Waals surface area contributed by atoms with Crippen molar-refractivity contribution in [3.63, 3.8) is 0 Å². The zero-order valence-corrected chi connectivity index (χ0v) is 11.5. The van der Waals surface area contributed by atoms with Crippen LogP contribution in [0.2, 0.25) is 0 Å². The lowest BCUT2D eigenvalue weighted by Crippen LogP contribution is -2.48. The van der Waals surface area contributed by atoms with Crippen LogP contribution in [0.4, 0.5) is 0 Å². The lowest BCUT2D eigenvalue weighted by Gasteiger charge is -2.40. The van der Waals surface area contributed by atoms with Gasteiger partial charge in [0.1, 0.15) is 0 Å². The molecule has 102 valence electrons. The Hall–Kier alpha value is -1.64. The largest absolute Gasteiger partial charge is 0.367 e. The summed E-state index contributed by atoms with van der Waals surface area (Å²) in [4.78, 5) is 2.25. The molecule has 2 aromatic rings. The Bertz CT molecular complexity index is 598. The minimum atomic E-state index is -0.937. The number of hydrogen-bond donors (Lipinski definition) is 1. The summed E-state index contributed by atoms with van der Waals surface area (Å²) in [5.74, 6) is 0. The second-order valence-electron chi connectivity index (χ2n) is 5.81. The maximum atomic E-state index is 11.5. The van der Waals surface area contributed by atoms with E-state index in [1.165, 1.54) is 30.4 Å². The third-order valence-corrected chi connectivity index (χ3v) is 4.71. The Kier molecular flexibility index (Phi) is 2.69. The number of aliphatic hydroxyl groups is 1. The minimum Gasteiger partial charge on any atom is -0.367 e. The predicted molar refractivity (Wildman–Crippen MR) is 80.3 cm³/mol. The lowest BCUT2D eigenvalue weighted by atomic mass is 9.96. The molecule has 2 heteroatoms. The fourth-order valence-corrected chi connectivity index (χ4v) is 3.75. The summed E-state index contributed by atoms with van der Waals surface area (Å²) in [5, 5.41) is 11.5. The maximum Gasteiger partial charge on any atom is 0.172 e. The number of hydrogen-bond acceptors (Lipinski definition) is 2. The molecule has 4 rings (SSSR count). The molecular formula is C18H19NO. The van der Waals surface area contributed by atoms with Gasteiger partial charge in [-0.25, -0.2) is 0 Å². The van der Waals surface area contributed by atoms with Gasteiger partial charge in [-0.15, -0.1) is 0 Å². The highest BCUT2D eigenvalue weighted by Gasteiger charge is 2.46. The summed E-state index contributed by atoms with van der Waals surface area (Å²) < 4.78 is 0. The highest BCUT2D eigenvalue weighted by molar-refractivity contribution is 5.79. The highest BCUT2D eigenvalue weighted by Crippen LogP contribution is 2.49. The van der Waals surface area contributed by atoms with Crippen molar-refractivity contribution in [3.05, 3.63) is 59.7 Å². The summed E-state index contributed by atoms with van der Waals surface area (Å²) in [6.07, 6.45) is 3.62. The van der Waals surface area contributed by atoms with Crippen molar-refractivity contribution < 1.29 is 5.11 Å². The summed E-state index contributed by atoms with van der Waals surface area (Å²) in [7, 11) is 0. The van der Waals surface area contributed by atoms with E-state index in [0.29, 0.717) is 0 Å². The van der Waals surface area contributed by atoms with Gasteiger partial charge in [-0.2, -0.15) is 0 Å². The average molecular weight is 265 g/mol. The SMILES string of the molecule is OC1(N2CCCCC2)c2ccccc2-c2ccccc21. The topological polar surface area (TPSA) is 23.5 Å². The standard InChI is InChI=1S/C18H19NO/c20-18(19-12-6-1-7-13-19)16-10-4-2-8-14(16)15-9-3-5-11-17(15)18/h2-5,8-11,20H,1,6-7,12-13H2. The Morgan fingerprint density at radius 3 is 1.80 bits per heavy atom. The smallest absolute Gasteiger partial charge is 0.172 e. The first-order valence-electron chi connectivity index (χ1n) is 7.48. The van der Waals surface area contributed by atoms with Gasteiger partial charge in [-0.05, 0) is 24.0 Å². The lowest BCUT2D eigenvalue weighted by molar-refractivity contribution is -0.0859. The van der Waals surface area contributed by atoms with Crippen LogP contribution in [0, 0.1) is 0 Å². The molecule has 0 atom stereocenters. The third-order valence-electron chi connectivity index (χ3n) is 4.71. The molecular weight excluding hydrogens is 246 g/mol. The first kappa shape index (κ1) is 12.1. The molecule has 1 N–H and O–H groups in total. The number of piperidine rings is 1. The van der Waals surface area contributed by atoms with Gasteiger partial charge in [-0.3, -0.25) is 4.90 Å². The summed E-state index contributed by atoms with van der Waals surface area (Å²) in [5.41, 5.74) is 3.51. The van der Waals surface area contributed by atoms with E-state index in [4.69, 9.17) is 0 Å². The van der Waals surface area contributed by atoms with Crippen molar-refractivity contribution in [1.82, 2.24) is 4.90 Å². The van der Waals surface area contributed by atoms with Crippen molar-refractivity contribution in [1.29, 1.82) is 0 Å². The minimum absolute atomic E-state index is 0.937. The van der Waals surface area contributed by atoms with Crippen LogP contribution < -0.4 is 0 Å². The number of fused-ring (bicyclic) bond motifs is 3. The Labute approximate surface area is 119 Å². The summed E-state index contributed by atoms with van der Waals surface area (Å²) >= 11 is 0. The van der Waals surface area contributed by atoms with Crippen LogP contribution in [0.5, 0.6) is 0 Å². The van der Waals surface area contributed by atoms with Gasteiger partial charge < -0.3 is 5.11 Å². The molecule has 2 nitrogen and oxygen atoms in total. The molecule has 1 saturated heterocycles. The zero-order valence-electron chi connectivity index (χ0n) is 11.5. The van der Waals surface area contributed by atoms with Crippen LogP contribution in [-0.4, -0.2) is 23.1 Å². The average Bonchev–Trinajstić information content (AvgIpc) is 2.80. The summed E-state index contributed by atoms with van der Waals surface area (Å²) in [6, 6.07) is 16.6. The van der Waals surface area contributed by atoms with E-state index in [0.717, 1.165) is 24.2 Å². The van der Waals surface area contributed by atoms with Crippen LogP contribution >= 0.6 is 0 Å². The normalized spacial score (nSPS) is 20.4. The predicted octanol–water partition coefficient (Wildman–Crippen LogP) is 3.35. The molecule has 0 unspecified atom stereocenters. The first-order chi connectivity index (χ1) is 9.82. The molecule has 1 heterocycles. The van der Waals surface area contributed by atoms with Crippen molar-refractivity contribution in [2.45, 2.75) is 25.0 Å². The number of benzene rings is 2. The number of nitrogens with zero attached hydrogens (tertiary/aromatic N) is 1. The van der Waals surface area contributed by atoms with E-state index in [9.17, 15) is 5.11 Å². The van der Waals surface area contributed by atoms with E-state index in [-0.39, 0.29) is 0 Å². The molecule has 2 aliphatic rings. The molecule has 1 aliphatic carbocycles. The van der Waals surface area contributed by atoms with E-state index >= 15 is 0 Å². The molecule has 0 amide bonds. The van der Waals surface area contributed by atoms with Crippen molar-refractivity contribution in [3.8, 4) is 11.1 Å². The molecule has 20 heavy (non-hydrogen) atoms. The first-order valence-corrected chi connectivity index (χ1v) is 7.48. The molecule has 1 fully saturated rings. The van der Waals surface area contributed by atoms with Crippen LogP contribution in [0.15, 0.2) is 48.5 Å². The Morgan fingerprint density at radius 2 is 1.25 bits per heavy atom. The van der Waals surface area contributed by atoms with Crippen molar-refractivity contribution in [2.75, 3.05) is 13.1 Å². The molecule has 0 radical (unpaired) electrons. The van der Waals surface area contributed by atoms with E-state index in [1.54, 1.807) is 0 Å². The molecule has 0 bridgehead atoms. The fraction of sp³-hybridized carbons (Fsp3) is 0.333. The van der Waals surface area contributed by atoms with Gasteiger partial charge in [0, 0.05) is 24.2 Å². The van der Waals surface area contributed by atoms with Gasteiger partial charge >= 0.3 is 0 Å². The molecule has 0 aromatic heterocycles. The van der Waals surface area contributed by atoms with Gasteiger partial charge in [-0.1, -0.05) is 55.0 Å². The van der Waals surface area contributed by atoms with E-state index < -0.39 is 5.72 Å². The molecule has 0 spiro atoms. The molecule has 2 aromatic carbocycles. The monoisotopic (exact) mass is 265 g/mol. The second kappa shape index (κ2) is 4.44. The van der Waals surface area contributed by atoms with Crippen LogP contribution in [0.25, 0.3) is 11.1 Å². The highest BCUT2D eigenvalue weighted by atomic mass is 16.3. The van der Waals surface area contributed by atoms with E-state index in [1.807, 2.05) is 12.1 Å². The maximum absolute atomic E-state index is 11.5. The Balaban J connectivity index is 1.94. The third kappa shape index (κ3) is 1.52. The van der Waals surface area contributed by atoms with Crippen LogP contribution in [0.1, 0.15) is 30.4 Å². The number of rotatable bonds is 1. The van der Waals surface area contributed by atoms with Gasteiger partial charge in [0.05, 0.1) is 0 Å². The van der Waals surface area contributed by atoms with Crippen LogP contribution in [-0.2, 0) is 5.72 Å². The number of likely N-dealkylation sites (tertiary alicyclic amines) is 1. The second-order valence-corrected chi connectivity index (χ2v) is 5.81. The van der Waals surface area contributed by atoms with Gasteiger partial charge in [0.2, 0.25) is 0 Å². The zero-order chi connectivity index (χ0) is 13.6. The molecule has 1 aliphatic heterocycles. The van der Waals surface area contributed by atoms with Crippen molar-refractivity contribution in [2.24, 2.45) is 0 Å². The van der Waals surface area contributed by atoms with Crippen LogP contribution in [0.3, 0.4) is 0 Å².